The molecule has 3 aliphatic rings. The maximum atomic E-state index is 12.8. The molecule has 0 bridgehead atoms. The van der Waals surface area contributed by atoms with Crippen LogP contribution in [0, 0.1) is 0 Å². The predicted octanol–water partition coefficient (Wildman–Crippen LogP) is -0.243. The molecule has 24 heavy (non-hydrogen) atoms. The minimum absolute atomic E-state index is 0.0745. The van der Waals surface area contributed by atoms with Gasteiger partial charge in [-0.05, 0) is 18.9 Å². The molecule has 9 heteroatoms. The number of amides is 2. The first-order chi connectivity index (χ1) is 11.4. The molecule has 1 saturated carbocycles. The molecule has 8 nitrogen and oxygen atoms in total. The Balaban J connectivity index is 1.60. The quantitative estimate of drug-likeness (QED) is 0.791. The summed E-state index contributed by atoms with van der Waals surface area (Å²) >= 11 is 0. The van der Waals surface area contributed by atoms with E-state index in [4.69, 9.17) is 0 Å². The molecule has 2 saturated heterocycles. The SMILES string of the molecule is CC(=O)N1CCN(C(=O)c2cc(C3CC3)[nH]n2)[C@@H]2CS(=O)(=O)C[C@@H]21. The van der Waals surface area contributed by atoms with E-state index >= 15 is 0 Å². The zero-order valence-electron chi connectivity index (χ0n) is 13.4. The summed E-state index contributed by atoms with van der Waals surface area (Å²) in [5.41, 5.74) is 1.30. The Labute approximate surface area is 140 Å². The van der Waals surface area contributed by atoms with E-state index in [0.29, 0.717) is 24.7 Å². The molecule has 1 aromatic rings. The lowest BCUT2D eigenvalue weighted by atomic mass is 10.0. The summed E-state index contributed by atoms with van der Waals surface area (Å²) in [7, 11) is -3.26. The molecule has 0 aromatic carbocycles. The molecule has 0 spiro atoms. The standard InChI is InChI=1S/C15H20N4O4S/c1-9(20)18-4-5-19(14-8-24(22,23)7-13(14)18)15(21)12-6-11(16-17-12)10-2-3-10/h6,10,13-14H,2-5,7-8H2,1H3,(H,16,17)/t13-,14+/m0/s1. The number of carbonyl (C=O) groups excluding carboxylic acids is 2. The molecule has 1 N–H and O–H groups in total. The van der Waals surface area contributed by atoms with Gasteiger partial charge in [0, 0.05) is 31.6 Å². The van der Waals surface area contributed by atoms with E-state index in [1.807, 2.05) is 0 Å². The molecule has 2 aliphatic heterocycles. The number of hydrogen-bond acceptors (Lipinski definition) is 5. The highest BCUT2D eigenvalue weighted by Gasteiger charge is 2.49. The largest absolute Gasteiger partial charge is 0.335 e. The Morgan fingerprint density at radius 1 is 1.17 bits per heavy atom. The van der Waals surface area contributed by atoms with Crippen LogP contribution in [0.4, 0.5) is 0 Å². The van der Waals surface area contributed by atoms with Crippen LogP contribution in [0.5, 0.6) is 0 Å². The van der Waals surface area contributed by atoms with Crippen molar-refractivity contribution in [2.45, 2.75) is 37.8 Å². The summed E-state index contributed by atoms with van der Waals surface area (Å²) in [6, 6.07) is 0.837. The Bertz CT molecular complexity index is 798. The molecule has 2 amide bonds. The number of fused-ring (bicyclic) bond motifs is 1. The maximum absolute atomic E-state index is 12.8. The molecular formula is C15H20N4O4S. The number of aromatic amines is 1. The van der Waals surface area contributed by atoms with Crippen LogP contribution >= 0.6 is 0 Å². The Hall–Kier alpha value is -1.90. The number of H-pyrrole nitrogens is 1. The van der Waals surface area contributed by atoms with Crippen molar-refractivity contribution in [1.82, 2.24) is 20.0 Å². The summed E-state index contributed by atoms with van der Waals surface area (Å²) in [5.74, 6) is -0.103. The average molecular weight is 352 g/mol. The fourth-order valence-electron chi connectivity index (χ4n) is 3.79. The van der Waals surface area contributed by atoms with Crippen molar-refractivity contribution in [1.29, 1.82) is 0 Å². The first-order valence-electron chi connectivity index (χ1n) is 8.19. The van der Waals surface area contributed by atoms with Crippen LogP contribution in [0.15, 0.2) is 6.07 Å². The highest BCUT2D eigenvalue weighted by molar-refractivity contribution is 7.91. The number of piperazine rings is 1. The van der Waals surface area contributed by atoms with Gasteiger partial charge in [-0.1, -0.05) is 0 Å². The third-order valence-corrected chi connectivity index (χ3v) is 6.87. The molecule has 130 valence electrons. The smallest absolute Gasteiger partial charge is 0.274 e. The second-order valence-electron chi connectivity index (χ2n) is 6.91. The summed E-state index contributed by atoms with van der Waals surface area (Å²) in [4.78, 5) is 27.8. The van der Waals surface area contributed by atoms with E-state index in [0.717, 1.165) is 18.5 Å². The van der Waals surface area contributed by atoms with Crippen molar-refractivity contribution < 1.29 is 18.0 Å². The summed E-state index contributed by atoms with van der Waals surface area (Å²) in [6.45, 7) is 2.13. The van der Waals surface area contributed by atoms with E-state index in [-0.39, 0.29) is 23.3 Å². The van der Waals surface area contributed by atoms with Crippen molar-refractivity contribution >= 4 is 21.7 Å². The fraction of sp³-hybridized carbons (Fsp3) is 0.667. The number of nitrogens with one attached hydrogen (secondary N) is 1. The molecule has 3 fully saturated rings. The van der Waals surface area contributed by atoms with Gasteiger partial charge in [-0.3, -0.25) is 14.7 Å². The van der Waals surface area contributed by atoms with E-state index < -0.39 is 21.9 Å². The number of hydrogen-bond donors (Lipinski definition) is 1. The molecular weight excluding hydrogens is 332 g/mol. The van der Waals surface area contributed by atoms with Gasteiger partial charge in [0.15, 0.2) is 9.84 Å². The van der Waals surface area contributed by atoms with Crippen LogP contribution in [-0.2, 0) is 14.6 Å². The number of carbonyl (C=O) groups is 2. The molecule has 0 radical (unpaired) electrons. The second-order valence-corrected chi connectivity index (χ2v) is 9.06. The minimum Gasteiger partial charge on any atom is -0.335 e. The lowest BCUT2D eigenvalue weighted by molar-refractivity contribution is -0.133. The number of aromatic nitrogens is 2. The average Bonchev–Trinajstić information content (AvgIpc) is 3.14. The van der Waals surface area contributed by atoms with Crippen LogP contribution in [0.3, 0.4) is 0 Å². The third-order valence-electron chi connectivity index (χ3n) is 5.18. The second kappa shape index (κ2) is 5.30. The van der Waals surface area contributed by atoms with Gasteiger partial charge in [0.25, 0.3) is 5.91 Å². The van der Waals surface area contributed by atoms with Crippen molar-refractivity contribution in [3.63, 3.8) is 0 Å². The lowest BCUT2D eigenvalue weighted by Crippen LogP contribution is -2.61. The van der Waals surface area contributed by atoms with Crippen LogP contribution in [0.2, 0.25) is 0 Å². The van der Waals surface area contributed by atoms with E-state index in [9.17, 15) is 18.0 Å². The predicted molar refractivity (Wildman–Crippen MR) is 85.2 cm³/mol. The monoisotopic (exact) mass is 352 g/mol. The molecule has 1 aliphatic carbocycles. The van der Waals surface area contributed by atoms with E-state index in [1.54, 1.807) is 15.9 Å². The van der Waals surface area contributed by atoms with Crippen molar-refractivity contribution in [2.75, 3.05) is 24.6 Å². The number of sulfone groups is 1. The van der Waals surface area contributed by atoms with E-state index in [1.165, 1.54) is 6.92 Å². The number of rotatable bonds is 2. The first kappa shape index (κ1) is 15.6. The Morgan fingerprint density at radius 3 is 2.42 bits per heavy atom. The highest BCUT2D eigenvalue weighted by atomic mass is 32.2. The van der Waals surface area contributed by atoms with Crippen LogP contribution < -0.4 is 0 Å². The molecule has 1 aromatic heterocycles. The maximum Gasteiger partial charge on any atom is 0.274 e. The van der Waals surface area contributed by atoms with Gasteiger partial charge in [-0.2, -0.15) is 5.10 Å². The Kier molecular flexibility index (Phi) is 3.45. The third kappa shape index (κ3) is 2.60. The van der Waals surface area contributed by atoms with Crippen molar-refractivity contribution in [3.8, 4) is 0 Å². The van der Waals surface area contributed by atoms with Crippen LogP contribution in [-0.4, -0.2) is 76.9 Å². The van der Waals surface area contributed by atoms with Gasteiger partial charge in [0.05, 0.1) is 23.6 Å². The Morgan fingerprint density at radius 2 is 1.79 bits per heavy atom. The summed E-state index contributed by atoms with van der Waals surface area (Å²) in [6.07, 6.45) is 2.21. The summed E-state index contributed by atoms with van der Waals surface area (Å²) < 4.78 is 24.1. The molecule has 4 rings (SSSR count). The van der Waals surface area contributed by atoms with Crippen molar-refractivity contribution in [2.24, 2.45) is 0 Å². The van der Waals surface area contributed by atoms with Gasteiger partial charge >= 0.3 is 0 Å². The van der Waals surface area contributed by atoms with Crippen molar-refractivity contribution in [3.05, 3.63) is 17.5 Å². The topological polar surface area (TPSA) is 103 Å². The van der Waals surface area contributed by atoms with Gasteiger partial charge in [-0.25, -0.2) is 8.42 Å². The van der Waals surface area contributed by atoms with Gasteiger partial charge in [0.2, 0.25) is 5.91 Å². The normalized spacial score (nSPS) is 28.7. The highest BCUT2D eigenvalue weighted by Crippen LogP contribution is 2.39. The lowest BCUT2D eigenvalue weighted by Gasteiger charge is -2.43. The minimum atomic E-state index is -3.26. The van der Waals surface area contributed by atoms with Gasteiger partial charge in [0.1, 0.15) is 5.69 Å². The van der Waals surface area contributed by atoms with Crippen LogP contribution in [0.1, 0.15) is 41.9 Å². The first-order valence-corrected chi connectivity index (χ1v) is 10.0. The van der Waals surface area contributed by atoms with Crippen LogP contribution in [0.25, 0.3) is 0 Å². The molecule has 0 unspecified atom stereocenters. The fourth-order valence-corrected chi connectivity index (χ4v) is 5.77. The number of nitrogens with zero attached hydrogens (tertiary/aromatic N) is 3. The zero-order valence-corrected chi connectivity index (χ0v) is 14.3. The molecule has 3 heterocycles. The molecule has 2 atom stereocenters. The van der Waals surface area contributed by atoms with Gasteiger partial charge in [-0.15, -0.1) is 0 Å². The zero-order chi connectivity index (χ0) is 17.1. The van der Waals surface area contributed by atoms with Gasteiger partial charge < -0.3 is 9.80 Å². The summed E-state index contributed by atoms with van der Waals surface area (Å²) in [5, 5.41) is 7.02. The van der Waals surface area contributed by atoms with E-state index in [2.05, 4.69) is 10.2 Å².